The van der Waals surface area contributed by atoms with Crippen LogP contribution in [0.15, 0.2) is 65.8 Å². The minimum absolute atomic E-state index is 0.0478. The zero-order valence-corrected chi connectivity index (χ0v) is 21.9. The second kappa shape index (κ2) is 10.4. The third-order valence-corrected chi connectivity index (χ3v) is 11.5. The number of carbonyl (C=O) groups is 2. The number of oxime groups is 1. The van der Waals surface area contributed by atoms with Crippen LogP contribution in [0.5, 0.6) is 0 Å². The van der Waals surface area contributed by atoms with E-state index in [1.165, 1.54) is 0 Å². The molecular formula is C27H34ClNO3Si. The monoisotopic (exact) mass is 483 g/mol. The minimum Gasteiger partial charge on any atom is -0.455 e. The molecule has 1 aliphatic carbocycles. The van der Waals surface area contributed by atoms with E-state index in [4.69, 9.17) is 16.1 Å². The van der Waals surface area contributed by atoms with Crippen LogP contribution in [-0.4, -0.2) is 31.0 Å². The molecule has 3 rings (SSSR count). The molecule has 0 spiro atoms. The highest BCUT2D eigenvalue weighted by molar-refractivity contribution is 6.74. The van der Waals surface area contributed by atoms with Crippen molar-refractivity contribution >= 4 is 37.2 Å². The molecule has 0 saturated heterocycles. The van der Waals surface area contributed by atoms with E-state index in [1.807, 2.05) is 36.4 Å². The van der Waals surface area contributed by atoms with Gasteiger partial charge in [0.25, 0.3) is 8.32 Å². The summed E-state index contributed by atoms with van der Waals surface area (Å²) in [7, 11) is -2.03. The van der Waals surface area contributed by atoms with Crippen LogP contribution in [0, 0.1) is 11.8 Å². The van der Waals surface area contributed by atoms with Gasteiger partial charge in [0.05, 0.1) is 17.0 Å². The maximum Gasteiger partial charge on any atom is 0.286 e. The van der Waals surface area contributed by atoms with E-state index in [1.54, 1.807) is 24.3 Å². The number of carbonyl (C=O) groups excluding carboxylic acids is 2. The zero-order chi connectivity index (χ0) is 24.2. The average Bonchev–Trinajstić information content (AvgIpc) is 3.14. The Bertz CT molecular complexity index is 948. The summed E-state index contributed by atoms with van der Waals surface area (Å²) in [4.78, 5) is 26.7. The molecule has 176 valence electrons. The quantitative estimate of drug-likeness (QED) is 0.132. The van der Waals surface area contributed by atoms with Crippen LogP contribution >= 0.6 is 11.6 Å². The van der Waals surface area contributed by atoms with Gasteiger partial charge in [-0.15, -0.1) is 16.8 Å². The van der Waals surface area contributed by atoms with Gasteiger partial charge in [-0.2, -0.15) is 0 Å². The third kappa shape index (κ3) is 6.21. The van der Waals surface area contributed by atoms with E-state index in [0.717, 1.165) is 5.71 Å². The number of alkyl halides is 1. The molecule has 0 amide bonds. The summed E-state index contributed by atoms with van der Waals surface area (Å²) in [6, 6.07) is 18.1. The fraction of sp³-hybridized carbons (Fsp3) is 0.444. The number of hydrogen-bond acceptors (Lipinski definition) is 4. The van der Waals surface area contributed by atoms with Crippen molar-refractivity contribution in [2.75, 3.05) is 0 Å². The molecule has 2 atom stereocenters. The van der Waals surface area contributed by atoms with Gasteiger partial charge in [0.2, 0.25) is 0 Å². The lowest BCUT2D eigenvalue weighted by Gasteiger charge is -2.33. The van der Waals surface area contributed by atoms with Crippen molar-refractivity contribution in [1.82, 2.24) is 0 Å². The van der Waals surface area contributed by atoms with E-state index in [0.29, 0.717) is 30.4 Å². The van der Waals surface area contributed by atoms with Crippen molar-refractivity contribution in [3.63, 3.8) is 0 Å². The van der Waals surface area contributed by atoms with Crippen molar-refractivity contribution in [3.8, 4) is 0 Å². The summed E-state index contributed by atoms with van der Waals surface area (Å²) in [5.41, 5.74) is 1.94. The Balaban J connectivity index is 1.79. The number of rotatable bonds is 8. The highest BCUT2D eigenvalue weighted by Crippen LogP contribution is 2.38. The van der Waals surface area contributed by atoms with Crippen LogP contribution in [0.2, 0.25) is 18.1 Å². The first-order chi connectivity index (χ1) is 15.5. The van der Waals surface area contributed by atoms with Crippen molar-refractivity contribution in [2.45, 2.75) is 63.5 Å². The Morgan fingerprint density at radius 2 is 1.48 bits per heavy atom. The topological polar surface area (TPSA) is 55.7 Å². The van der Waals surface area contributed by atoms with Crippen LogP contribution in [0.4, 0.5) is 0 Å². The van der Waals surface area contributed by atoms with Gasteiger partial charge in [0.1, 0.15) is 0 Å². The number of Topliss-reactive ketones (excluding diaryl/α,β-unsaturated/α-hetero) is 2. The van der Waals surface area contributed by atoms with Gasteiger partial charge in [-0.3, -0.25) is 9.59 Å². The molecule has 2 aromatic carbocycles. The van der Waals surface area contributed by atoms with E-state index >= 15 is 0 Å². The normalized spacial score (nSPS) is 20.3. The fourth-order valence-electron chi connectivity index (χ4n) is 3.79. The molecule has 0 N–H and O–H groups in total. The highest BCUT2D eigenvalue weighted by Gasteiger charge is 2.41. The molecule has 0 radical (unpaired) electrons. The molecule has 1 saturated carbocycles. The van der Waals surface area contributed by atoms with Crippen molar-refractivity contribution in [3.05, 3.63) is 71.8 Å². The lowest BCUT2D eigenvalue weighted by Crippen LogP contribution is -2.39. The van der Waals surface area contributed by atoms with Gasteiger partial charge in [0, 0.05) is 11.1 Å². The van der Waals surface area contributed by atoms with Crippen LogP contribution < -0.4 is 0 Å². The summed E-state index contributed by atoms with van der Waals surface area (Å²) in [6.45, 7) is 10.8. The molecule has 33 heavy (non-hydrogen) atoms. The van der Waals surface area contributed by atoms with Crippen molar-refractivity contribution < 1.29 is 14.1 Å². The highest BCUT2D eigenvalue weighted by atomic mass is 35.5. The lowest BCUT2D eigenvalue weighted by molar-refractivity contribution is 0.0784. The van der Waals surface area contributed by atoms with Gasteiger partial charge >= 0.3 is 0 Å². The molecule has 1 fully saturated rings. The van der Waals surface area contributed by atoms with Crippen molar-refractivity contribution in [1.29, 1.82) is 0 Å². The summed E-state index contributed by atoms with van der Waals surface area (Å²) in [6.07, 6.45) is 1.77. The molecular weight excluding hydrogens is 450 g/mol. The molecule has 4 nitrogen and oxygen atoms in total. The van der Waals surface area contributed by atoms with Crippen LogP contribution in [0.1, 0.15) is 60.7 Å². The predicted octanol–water partition coefficient (Wildman–Crippen LogP) is 7.15. The smallest absolute Gasteiger partial charge is 0.286 e. The Labute approximate surface area is 203 Å². The SMILES string of the molecule is CC(C)(C)[Si](C)(C)O/N=C1\CC(CC(C(=O)c2ccccc2)C(=O)c2ccccc2)CC1Cl. The van der Waals surface area contributed by atoms with E-state index < -0.39 is 14.2 Å². The number of hydrogen-bond donors (Lipinski definition) is 0. The number of nitrogens with zero attached hydrogens (tertiary/aromatic N) is 1. The summed E-state index contributed by atoms with van der Waals surface area (Å²) < 4.78 is 6.04. The Morgan fingerprint density at radius 3 is 1.94 bits per heavy atom. The lowest BCUT2D eigenvalue weighted by atomic mass is 9.82. The minimum atomic E-state index is -2.03. The van der Waals surface area contributed by atoms with Crippen LogP contribution in [0.25, 0.3) is 0 Å². The first-order valence-corrected chi connectivity index (χ1v) is 14.9. The molecule has 0 aliphatic heterocycles. The van der Waals surface area contributed by atoms with Crippen LogP contribution in [-0.2, 0) is 4.53 Å². The van der Waals surface area contributed by atoms with Gasteiger partial charge in [-0.25, -0.2) is 0 Å². The standard InChI is InChI=1S/C27H34ClNO3Si/c1-27(2,3)33(4,5)32-29-24-18-19(17-23(24)28)16-22(25(30)20-12-8-6-9-13-20)26(31)21-14-10-7-11-15-21/h6-15,19,22-23H,16-18H2,1-5H3/b29-24+. The average molecular weight is 484 g/mol. The largest absolute Gasteiger partial charge is 0.455 e. The zero-order valence-electron chi connectivity index (χ0n) is 20.2. The number of halogens is 1. The maximum atomic E-state index is 13.4. The Morgan fingerprint density at radius 1 is 1.00 bits per heavy atom. The molecule has 2 aromatic rings. The summed E-state index contributed by atoms with van der Waals surface area (Å²) >= 11 is 6.63. The number of ketones is 2. The van der Waals surface area contributed by atoms with Crippen LogP contribution in [0.3, 0.4) is 0 Å². The molecule has 0 heterocycles. The fourth-order valence-corrected chi connectivity index (χ4v) is 4.79. The van der Waals surface area contributed by atoms with E-state index in [2.05, 4.69) is 39.0 Å². The number of benzene rings is 2. The van der Waals surface area contributed by atoms with Gasteiger partial charge < -0.3 is 4.53 Å². The summed E-state index contributed by atoms with van der Waals surface area (Å²) in [5, 5.41) is 4.29. The predicted molar refractivity (Wildman–Crippen MR) is 138 cm³/mol. The first-order valence-electron chi connectivity index (χ1n) is 11.6. The Hall–Kier alpha value is -2.24. The molecule has 2 unspecified atom stereocenters. The van der Waals surface area contributed by atoms with Gasteiger partial charge in [0.15, 0.2) is 11.6 Å². The van der Waals surface area contributed by atoms with E-state index in [-0.39, 0.29) is 27.9 Å². The molecule has 1 aliphatic rings. The second-order valence-electron chi connectivity index (χ2n) is 10.5. The van der Waals surface area contributed by atoms with Gasteiger partial charge in [-0.1, -0.05) is 81.4 Å². The second-order valence-corrected chi connectivity index (χ2v) is 15.7. The first kappa shape index (κ1) is 25.4. The van der Waals surface area contributed by atoms with Gasteiger partial charge in [-0.05, 0) is 43.3 Å². The van der Waals surface area contributed by atoms with E-state index in [9.17, 15) is 9.59 Å². The Kier molecular flexibility index (Phi) is 7.96. The van der Waals surface area contributed by atoms with Crippen molar-refractivity contribution in [2.24, 2.45) is 17.0 Å². The third-order valence-electron chi connectivity index (χ3n) is 6.92. The molecule has 6 heteroatoms. The molecule has 0 bridgehead atoms. The molecule has 0 aromatic heterocycles. The maximum absolute atomic E-state index is 13.4. The summed E-state index contributed by atoms with van der Waals surface area (Å²) in [5.74, 6) is -0.930.